The summed E-state index contributed by atoms with van der Waals surface area (Å²) in [5, 5.41) is 0. The van der Waals surface area contributed by atoms with Crippen molar-refractivity contribution >= 4 is 17.1 Å². The van der Waals surface area contributed by atoms with Gasteiger partial charge in [-0.3, -0.25) is 14.3 Å². The molecule has 0 radical (unpaired) electrons. The van der Waals surface area contributed by atoms with Gasteiger partial charge in [-0.2, -0.15) is 4.98 Å². The Morgan fingerprint density at radius 3 is 2.77 bits per heavy atom. The number of imidazole rings is 1. The van der Waals surface area contributed by atoms with Crippen LogP contribution in [-0.2, 0) is 7.05 Å². The van der Waals surface area contributed by atoms with E-state index in [0.717, 1.165) is 0 Å². The number of aryl methyl sites for hydroxylation is 1. The second-order valence-electron chi connectivity index (χ2n) is 2.64. The highest BCUT2D eigenvalue weighted by molar-refractivity contribution is 5.71. The normalized spacial score (nSPS) is 10.8. The lowest BCUT2D eigenvalue weighted by Gasteiger charge is -1.94. The summed E-state index contributed by atoms with van der Waals surface area (Å²) < 4.78 is 1.21. The summed E-state index contributed by atoms with van der Waals surface area (Å²) in [6.45, 7) is 0. The number of aromatic nitrogens is 4. The molecule has 2 aromatic rings. The molecule has 0 aliphatic carbocycles. The van der Waals surface area contributed by atoms with E-state index in [9.17, 15) is 9.59 Å². The fourth-order valence-electron chi connectivity index (χ4n) is 1.12. The van der Waals surface area contributed by atoms with Crippen LogP contribution in [0.2, 0.25) is 0 Å². The topological polar surface area (TPSA) is 110 Å². The van der Waals surface area contributed by atoms with Crippen LogP contribution in [0.4, 0.5) is 5.95 Å². The molecule has 0 unspecified atom stereocenters. The molecule has 0 saturated carbocycles. The van der Waals surface area contributed by atoms with Crippen LogP contribution in [0.3, 0.4) is 0 Å². The Bertz CT molecular complexity index is 575. The number of hydrogen-bond acceptors (Lipinski definition) is 4. The largest absolute Gasteiger partial charge is 0.369 e. The maximum atomic E-state index is 11.2. The molecule has 7 heteroatoms. The van der Waals surface area contributed by atoms with Gasteiger partial charge in [-0.25, -0.2) is 4.79 Å². The first-order chi connectivity index (χ1) is 6.09. The monoisotopic (exact) mass is 181 g/mol. The van der Waals surface area contributed by atoms with Gasteiger partial charge in [0.05, 0.1) is 0 Å². The molecule has 4 N–H and O–H groups in total. The molecule has 0 fully saturated rings. The Morgan fingerprint density at radius 2 is 2.08 bits per heavy atom. The Balaban J connectivity index is 3.13. The average molecular weight is 181 g/mol. The molecular weight excluding hydrogens is 174 g/mol. The summed E-state index contributed by atoms with van der Waals surface area (Å²) in [5.74, 6) is 0.113. The maximum Gasteiger partial charge on any atom is 0.329 e. The first kappa shape index (κ1) is 7.59. The molecule has 0 aliphatic heterocycles. The Labute approximate surface area is 71.2 Å². The second-order valence-corrected chi connectivity index (χ2v) is 2.64. The van der Waals surface area contributed by atoms with Gasteiger partial charge in [0.2, 0.25) is 0 Å². The number of nitrogen functional groups attached to an aromatic ring is 1. The van der Waals surface area contributed by atoms with Gasteiger partial charge in [-0.05, 0) is 0 Å². The zero-order valence-electron chi connectivity index (χ0n) is 6.79. The van der Waals surface area contributed by atoms with E-state index in [1.54, 1.807) is 0 Å². The third kappa shape index (κ3) is 0.934. The van der Waals surface area contributed by atoms with Crippen LogP contribution >= 0.6 is 0 Å². The molecular formula is C6H7N5O2. The van der Waals surface area contributed by atoms with Gasteiger partial charge >= 0.3 is 5.69 Å². The van der Waals surface area contributed by atoms with Crippen LogP contribution in [-0.4, -0.2) is 19.5 Å². The highest BCUT2D eigenvalue weighted by atomic mass is 16.2. The number of nitrogens with one attached hydrogen (secondary N) is 2. The lowest BCUT2D eigenvalue weighted by molar-refractivity contribution is 0.832. The molecule has 0 spiro atoms. The van der Waals surface area contributed by atoms with Gasteiger partial charge in [0.15, 0.2) is 17.1 Å². The summed E-state index contributed by atoms with van der Waals surface area (Å²) in [6, 6.07) is 0. The van der Waals surface area contributed by atoms with E-state index in [2.05, 4.69) is 15.0 Å². The van der Waals surface area contributed by atoms with Gasteiger partial charge in [0, 0.05) is 7.05 Å². The SMILES string of the molecule is Cn1c(=O)[nH]c(=O)c2[nH]c(N)nc21. The second kappa shape index (κ2) is 2.22. The number of anilines is 1. The minimum Gasteiger partial charge on any atom is -0.369 e. The molecule has 2 aromatic heterocycles. The maximum absolute atomic E-state index is 11.2. The molecule has 2 heterocycles. The van der Waals surface area contributed by atoms with E-state index in [1.807, 2.05) is 0 Å². The molecule has 68 valence electrons. The quantitative estimate of drug-likeness (QED) is 0.461. The molecule has 7 nitrogen and oxygen atoms in total. The van der Waals surface area contributed by atoms with Crippen molar-refractivity contribution < 1.29 is 0 Å². The van der Waals surface area contributed by atoms with Crippen molar-refractivity contribution in [2.75, 3.05) is 5.73 Å². The first-order valence-corrected chi connectivity index (χ1v) is 3.54. The number of nitrogens with two attached hydrogens (primary N) is 1. The van der Waals surface area contributed by atoms with Crippen LogP contribution in [0.25, 0.3) is 11.2 Å². The molecule has 0 aromatic carbocycles. The number of aromatic amines is 2. The zero-order valence-corrected chi connectivity index (χ0v) is 6.79. The summed E-state index contributed by atoms with van der Waals surface area (Å²) in [4.78, 5) is 30.7. The van der Waals surface area contributed by atoms with Gasteiger partial charge in [0.25, 0.3) is 5.56 Å². The predicted molar refractivity (Wildman–Crippen MR) is 46.4 cm³/mol. The van der Waals surface area contributed by atoms with Gasteiger partial charge in [0.1, 0.15) is 0 Å². The standard InChI is InChI=1S/C6H7N5O2/c1-11-3-2(8-5(7)9-3)4(12)10-6(11)13/h1H3,(H3,7,8,9)(H,10,12,13). The molecule has 0 saturated heterocycles. The number of nitrogens with zero attached hydrogens (tertiary/aromatic N) is 2. The fraction of sp³-hybridized carbons (Fsp3) is 0.167. The predicted octanol–water partition coefficient (Wildman–Crippen LogP) is -1.47. The summed E-state index contributed by atoms with van der Waals surface area (Å²) in [5.41, 5.74) is 4.79. The van der Waals surface area contributed by atoms with Crippen LogP contribution in [0, 0.1) is 0 Å². The van der Waals surface area contributed by atoms with Crippen molar-refractivity contribution in [3.8, 4) is 0 Å². The van der Waals surface area contributed by atoms with E-state index in [4.69, 9.17) is 5.73 Å². The van der Waals surface area contributed by atoms with Crippen molar-refractivity contribution in [1.29, 1.82) is 0 Å². The first-order valence-electron chi connectivity index (χ1n) is 3.54. The van der Waals surface area contributed by atoms with Crippen LogP contribution in [0.1, 0.15) is 0 Å². The van der Waals surface area contributed by atoms with Crippen LogP contribution < -0.4 is 17.0 Å². The lowest BCUT2D eigenvalue weighted by atomic mass is 10.5. The molecule has 0 bridgehead atoms. The van der Waals surface area contributed by atoms with E-state index >= 15 is 0 Å². The molecule has 0 atom stereocenters. The van der Waals surface area contributed by atoms with Crippen LogP contribution in [0.5, 0.6) is 0 Å². The number of rotatable bonds is 0. The Kier molecular flexibility index (Phi) is 1.30. The summed E-state index contributed by atoms with van der Waals surface area (Å²) in [7, 11) is 1.50. The van der Waals surface area contributed by atoms with Crippen molar-refractivity contribution in [2.24, 2.45) is 7.05 Å². The highest BCUT2D eigenvalue weighted by Gasteiger charge is 2.07. The molecule has 2 rings (SSSR count). The smallest absolute Gasteiger partial charge is 0.329 e. The lowest BCUT2D eigenvalue weighted by Crippen LogP contribution is -2.28. The third-order valence-corrected chi connectivity index (χ3v) is 1.77. The molecule has 13 heavy (non-hydrogen) atoms. The average Bonchev–Trinajstić information content (AvgIpc) is 2.44. The van der Waals surface area contributed by atoms with Crippen molar-refractivity contribution in [2.45, 2.75) is 0 Å². The van der Waals surface area contributed by atoms with E-state index in [1.165, 1.54) is 11.6 Å². The van der Waals surface area contributed by atoms with Gasteiger partial charge in [-0.1, -0.05) is 0 Å². The highest BCUT2D eigenvalue weighted by Crippen LogP contribution is 2.03. The van der Waals surface area contributed by atoms with E-state index in [0.29, 0.717) is 0 Å². The fourth-order valence-corrected chi connectivity index (χ4v) is 1.12. The summed E-state index contributed by atoms with van der Waals surface area (Å²) in [6.07, 6.45) is 0. The van der Waals surface area contributed by atoms with Crippen LogP contribution in [0.15, 0.2) is 9.59 Å². The zero-order chi connectivity index (χ0) is 9.59. The third-order valence-electron chi connectivity index (χ3n) is 1.77. The summed E-state index contributed by atoms with van der Waals surface area (Å²) >= 11 is 0. The molecule has 0 aliphatic rings. The molecule has 0 amide bonds. The van der Waals surface area contributed by atoms with Gasteiger partial charge in [-0.15, -0.1) is 0 Å². The van der Waals surface area contributed by atoms with E-state index in [-0.39, 0.29) is 17.1 Å². The van der Waals surface area contributed by atoms with Crippen molar-refractivity contribution in [1.82, 2.24) is 19.5 Å². The number of H-pyrrole nitrogens is 2. The Hall–Kier alpha value is -2.05. The Morgan fingerprint density at radius 1 is 1.38 bits per heavy atom. The van der Waals surface area contributed by atoms with E-state index < -0.39 is 11.2 Å². The number of hydrogen-bond donors (Lipinski definition) is 3. The minimum absolute atomic E-state index is 0.113. The van der Waals surface area contributed by atoms with Gasteiger partial charge < -0.3 is 10.7 Å². The van der Waals surface area contributed by atoms with Crippen molar-refractivity contribution in [3.63, 3.8) is 0 Å². The van der Waals surface area contributed by atoms with Crippen molar-refractivity contribution in [3.05, 3.63) is 20.8 Å². The number of fused-ring (bicyclic) bond motifs is 1. The minimum atomic E-state index is -0.512.